The summed E-state index contributed by atoms with van der Waals surface area (Å²) in [6.07, 6.45) is 10.5. The van der Waals surface area contributed by atoms with E-state index in [1.807, 2.05) is 12.3 Å². The lowest BCUT2D eigenvalue weighted by molar-refractivity contribution is -0.138. The monoisotopic (exact) mass is 419 g/mol. The first kappa shape index (κ1) is 19.6. The first-order valence-electron chi connectivity index (χ1n) is 11.2. The normalized spacial score (nSPS) is 19.3. The Morgan fingerprint density at radius 2 is 1.83 bits per heavy atom. The Bertz CT molecular complexity index is 965. The number of likely N-dealkylation sites (tertiary alicyclic amines) is 1. The van der Waals surface area contributed by atoms with Gasteiger partial charge in [0.2, 0.25) is 5.91 Å². The van der Waals surface area contributed by atoms with E-state index >= 15 is 0 Å². The van der Waals surface area contributed by atoms with Crippen LogP contribution in [0.15, 0.2) is 60.2 Å². The molecule has 3 aromatic rings. The molecular weight excluding hydrogens is 390 g/mol. The second kappa shape index (κ2) is 8.38. The number of carbonyl (C=O) groups is 1. The molecule has 5 rings (SSSR count). The van der Waals surface area contributed by atoms with Gasteiger partial charge in [0.25, 0.3) is 0 Å². The van der Waals surface area contributed by atoms with E-state index in [9.17, 15) is 4.79 Å². The molecule has 0 bridgehead atoms. The highest BCUT2D eigenvalue weighted by atomic mass is 32.1. The molecule has 0 N–H and O–H groups in total. The molecule has 2 fully saturated rings. The van der Waals surface area contributed by atoms with Crippen molar-refractivity contribution in [2.45, 2.75) is 50.5 Å². The zero-order valence-corrected chi connectivity index (χ0v) is 18.2. The number of amides is 1. The average molecular weight is 420 g/mol. The van der Waals surface area contributed by atoms with Crippen LogP contribution in [-0.2, 0) is 16.8 Å². The summed E-state index contributed by atoms with van der Waals surface area (Å²) < 4.78 is 2.28. The number of piperidine rings is 1. The van der Waals surface area contributed by atoms with E-state index in [0.717, 1.165) is 56.7 Å². The van der Waals surface area contributed by atoms with Crippen LogP contribution < -0.4 is 0 Å². The fourth-order valence-electron chi connectivity index (χ4n) is 5.30. The molecule has 4 nitrogen and oxygen atoms in total. The second-order valence-electron chi connectivity index (χ2n) is 8.77. The Hall–Kier alpha value is -2.40. The maximum atomic E-state index is 13.6. The molecule has 0 unspecified atom stereocenters. The minimum Gasteiger partial charge on any atom is -0.342 e. The lowest BCUT2D eigenvalue weighted by atomic mass is 9.82. The Kier molecular flexibility index (Phi) is 5.47. The quantitative estimate of drug-likeness (QED) is 0.558. The maximum absolute atomic E-state index is 13.6. The molecule has 1 aromatic carbocycles. The fourth-order valence-corrected chi connectivity index (χ4v) is 6.28. The van der Waals surface area contributed by atoms with Crippen LogP contribution in [0.2, 0.25) is 0 Å². The number of rotatable bonds is 5. The summed E-state index contributed by atoms with van der Waals surface area (Å²) in [4.78, 5) is 21.6. The maximum Gasteiger partial charge on any atom is 0.234 e. The zero-order valence-electron chi connectivity index (χ0n) is 17.4. The topological polar surface area (TPSA) is 38.1 Å². The highest BCUT2D eigenvalue weighted by Gasteiger charge is 2.46. The minimum atomic E-state index is -0.244. The summed E-state index contributed by atoms with van der Waals surface area (Å²) in [7, 11) is 0. The van der Waals surface area contributed by atoms with Gasteiger partial charge < -0.3 is 9.47 Å². The van der Waals surface area contributed by atoms with Gasteiger partial charge >= 0.3 is 0 Å². The molecule has 1 saturated carbocycles. The van der Waals surface area contributed by atoms with Crippen LogP contribution in [0.25, 0.3) is 11.4 Å². The van der Waals surface area contributed by atoms with Gasteiger partial charge in [-0.1, -0.05) is 49.2 Å². The number of benzene rings is 1. The Labute approximate surface area is 182 Å². The standard InChI is InChI=1S/C25H29N3OS/c29-24(25(12-4-5-13-25)22-9-6-18-30-22)27-15-10-20(11-16-27)19-28-17-14-26-23(28)21-7-2-1-3-8-21/h1-3,6-9,14,17-18,20H,4-5,10-13,15-16,19H2. The van der Waals surface area contributed by atoms with Gasteiger partial charge in [-0.3, -0.25) is 4.79 Å². The summed E-state index contributed by atoms with van der Waals surface area (Å²) in [5.41, 5.74) is 0.917. The number of thiophene rings is 1. The minimum absolute atomic E-state index is 0.244. The van der Waals surface area contributed by atoms with Crippen molar-refractivity contribution in [1.29, 1.82) is 0 Å². The molecule has 1 saturated heterocycles. The smallest absolute Gasteiger partial charge is 0.234 e. The van der Waals surface area contributed by atoms with E-state index < -0.39 is 0 Å². The lowest BCUT2D eigenvalue weighted by Gasteiger charge is -2.38. The summed E-state index contributed by atoms with van der Waals surface area (Å²) in [6.45, 7) is 2.74. The van der Waals surface area contributed by atoms with E-state index in [1.165, 1.54) is 17.7 Å². The van der Waals surface area contributed by atoms with Gasteiger partial charge in [-0.2, -0.15) is 0 Å². The average Bonchev–Trinajstić information content (AvgIpc) is 3.56. The SMILES string of the molecule is O=C(N1CCC(Cn2ccnc2-c2ccccc2)CC1)C1(c2cccs2)CCCC1. The molecule has 30 heavy (non-hydrogen) atoms. The van der Waals surface area contributed by atoms with Crippen LogP contribution in [0.5, 0.6) is 0 Å². The third-order valence-electron chi connectivity index (χ3n) is 6.96. The molecule has 0 atom stereocenters. The van der Waals surface area contributed by atoms with Gasteiger partial charge in [0.1, 0.15) is 5.82 Å². The van der Waals surface area contributed by atoms with Crippen LogP contribution >= 0.6 is 11.3 Å². The van der Waals surface area contributed by atoms with E-state index in [2.05, 4.69) is 62.4 Å². The third kappa shape index (κ3) is 3.60. The van der Waals surface area contributed by atoms with Gasteiger partial charge in [-0.15, -0.1) is 11.3 Å². The molecule has 1 amide bonds. The van der Waals surface area contributed by atoms with Crippen LogP contribution in [0.3, 0.4) is 0 Å². The van der Waals surface area contributed by atoms with E-state index in [-0.39, 0.29) is 5.41 Å². The Balaban J connectivity index is 1.24. The first-order valence-corrected chi connectivity index (χ1v) is 12.0. The van der Waals surface area contributed by atoms with E-state index in [1.54, 1.807) is 11.3 Å². The predicted molar refractivity (Wildman–Crippen MR) is 121 cm³/mol. The van der Waals surface area contributed by atoms with Gasteiger partial charge in [0, 0.05) is 42.5 Å². The summed E-state index contributed by atoms with van der Waals surface area (Å²) in [6, 6.07) is 14.7. The molecule has 1 aliphatic carbocycles. The van der Waals surface area contributed by atoms with Crippen LogP contribution in [-0.4, -0.2) is 33.4 Å². The van der Waals surface area contributed by atoms with Crippen molar-refractivity contribution < 1.29 is 4.79 Å². The van der Waals surface area contributed by atoms with E-state index in [4.69, 9.17) is 0 Å². The molecule has 156 valence electrons. The molecule has 1 aliphatic heterocycles. The summed E-state index contributed by atoms with van der Waals surface area (Å²) in [5.74, 6) is 2.01. The highest BCUT2D eigenvalue weighted by molar-refractivity contribution is 7.10. The van der Waals surface area contributed by atoms with Crippen molar-refractivity contribution in [2.75, 3.05) is 13.1 Å². The summed E-state index contributed by atoms with van der Waals surface area (Å²) in [5, 5.41) is 2.12. The molecule has 2 aromatic heterocycles. The van der Waals surface area contributed by atoms with Crippen molar-refractivity contribution >= 4 is 17.2 Å². The number of imidazole rings is 1. The largest absolute Gasteiger partial charge is 0.342 e. The van der Waals surface area contributed by atoms with Gasteiger partial charge in [0.05, 0.1) is 5.41 Å². The first-order chi connectivity index (χ1) is 14.8. The molecular formula is C25H29N3OS. The van der Waals surface area contributed by atoms with Gasteiger partial charge in [-0.25, -0.2) is 4.98 Å². The van der Waals surface area contributed by atoms with Crippen molar-refractivity contribution in [1.82, 2.24) is 14.5 Å². The second-order valence-corrected chi connectivity index (χ2v) is 9.72. The number of nitrogens with zero attached hydrogens (tertiary/aromatic N) is 3. The molecule has 2 aliphatic rings. The van der Waals surface area contributed by atoms with Crippen LogP contribution in [0, 0.1) is 5.92 Å². The van der Waals surface area contributed by atoms with Crippen molar-refractivity contribution in [3.8, 4) is 11.4 Å². The number of hydrogen-bond donors (Lipinski definition) is 0. The van der Waals surface area contributed by atoms with Crippen LogP contribution in [0.1, 0.15) is 43.4 Å². The highest BCUT2D eigenvalue weighted by Crippen LogP contribution is 2.45. The number of hydrogen-bond acceptors (Lipinski definition) is 3. The predicted octanol–water partition coefficient (Wildman–Crippen LogP) is 5.36. The molecule has 0 spiro atoms. The molecule has 3 heterocycles. The summed E-state index contributed by atoms with van der Waals surface area (Å²) >= 11 is 1.76. The Morgan fingerprint density at radius 3 is 2.53 bits per heavy atom. The molecule has 0 radical (unpaired) electrons. The third-order valence-corrected chi connectivity index (χ3v) is 8.04. The Morgan fingerprint density at radius 1 is 1.07 bits per heavy atom. The number of aromatic nitrogens is 2. The molecule has 5 heteroatoms. The van der Waals surface area contributed by atoms with Crippen molar-refractivity contribution in [3.63, 3.8) is 0 Å². The van der Waals surface area contributed by atoms with E-state index in [0.29, 0.717) is 11.8 Å². The van der Waals surface area contributed by atoms with Crippen molar-refractivity contribution in [3.05, 3.63) is 65.1 Å². The number of carbonyl (C=O) groups excluding carboxylic acids is 1. The van der Waals surface area contributed by atoms with Gasteiger partial charge in [-0.05, 0) is 43.0 Å². The zero-order chi connectivity index (χ0) is 20.4. The van der Waals surface area contributed by atoms with Crippen LogP contribution in [0.4, 0.5) is 0 Å². The fraction of sp³-hybridized carbons (Fsp3) is 0.440. The lowest BCUT2D eigenvalue weighted by Crippen LogP contribution is -2.48. The van der Waals surface area contributed by atoms with Gasteiger partial charge in [0.15, 0.2) is 0 Å². The van der Waals surface area contributed by atoms with Crippen molar-refractivity contribution in [2.24, 2.45) is 5.92 Å².